The third kappa shape index (κ3) is 4.18. The summed E-state index contributed by atoms with van der Waals surface area (Å²) in [6.07, 6.45) is 3.85. The summed E-state index contributed by atoms with van der Waals surface area (Å²) in [5.74, 6) is 1.67. The Balaban J connectivity index is 0.00000225. The Labute approximate surface area is 173 Å². The Hall–Kier alpha value is -2.04. The molecule has 1 aliphatic heterocycles. The van der Waals surface area contributed by atoms with Crippen LogP contribution < -0.4 is 10.5 Å². The third-order valence-electron chi connectivity index (χ3n) is 6.16. The van der Waals surface area contributed by atoms with Crippen molar-refractivity contribution >= 4 is 18.3 Å². The first-order chi connectivity index (χ1) is 13.2. The monoisotopic (exact) mass is 400 g/mol. The van der Waals surface area contributed by atoms with Gasteiger partial charge in [0.25, 0.3) is 0 Å². The van der Waals surface area contributed by atoms with Gasteiger partial charge in [0.2, 0.25) is 5.91 Å². The quantitative estimate of drug-likeness (QED) is 0.847. The number of carbonyl (C=O) groups excluding carboxylic acids is 1. The molecule has 2 aromatic carbocycles. The van der Waals surface area contributed by atoms with Crippen molar-refractivity contribution in [2.24, 2.45) is 5.73 Å². The lowest BCUT2D eigenvalue weighted by Gasteiger charge is -2.27. The molecular formula is C23H29ClN2O2. The molecule has 4 rings (SSSR count). The van der Waals surface area contributed by atoms with E-state index < -0.39 is 0 Å². The van der Waals surface area contributed by atoms with Crippen LogP contribution in [0.15, 0.2) is 48.5 Å². The summed E-state index contributed by atoms with van der Waals surface area (Å²) in [4.78, 5) is 15.0. The van der Waals surface area contributed by atoms with Crippen LogP contribution in [0.4, 0.5) is 0 Å². The van der Waals surface area contributed by atoms with Crippen LogP contribution in [0.3, 0.4) is 0 Å². The molecule has 3 atom stereocenters. The molecule has 0 aromatic heterocycles. The second-order valence-corrected chi connectivity index (χ2v) is 7.84. The molecule has 2 aromatic rings. The average Bonchev–Trinajstić information content (AvgIpc) is 3.10. The van der Waals surface area contributed by atoms with E-state index in [2.05, 4.69) is 24.3 Å². The molecule has 1 amide bonds. The number of amides is 1. The van der Waals surface area contributed by atoms with E-state index >= 15 is 0 Å². The maximum Gasteiger partial charge on any atom is 0.223 e. The van der Waals surface area contributed by atoms with E-state index in [1.807, 2.05) is 29.2 Å². The molecule has 0 bridgehead atoms. The normalized spacial score (nSPS) is 23.6. The van der Waals surface area contributed by atoms with Crippen LogP contribution in [-0.4, -0.2) is 37.0 Å². The summed E-state index contributed by atoms with van der Waals surface area (Å²) in [6.45, 7) is 1.38. The number of aryl methyl sites for hydroxylation is 1. The van der Waals surface area contributed by atoms with Crippen molar-refractivity contribution in [1.29, 1.82) is 0 Å². The number of nitrogens with zero attached hydrogens (tertiary/aromatic N) is 1. The summed E-state index contributed by atoms with van der Waals surface area (Å²) in [7, 11) is 1.70. The summed E-state index contributed by atoms with van der Waals surface area (Å²) < 4.78 is 5.35. The Morgan fingerprint density at radius 3 is 2.71 bits per heavy atom. The molecule has 0 radical (unpaired) electrons. The lowest BCUT2D eigenvalue weighted by molar-refractivity contribution is -0.130. The predicted molar refractivity (Wildman–Crippen MR) is 114 cm³/mol. The van der Waals surface area contributed by atoms with E-state index in [0.29, 0.717) is 18.9 Å². The van der Waals surface area contributed by atoms with Crippen LogP contribution in [0.2, 0.25) is 0 Å². The minimum atomic E-state index is 0. The summed E-state index contributed by atoms with van der Waals surface area (Å²) in [5, 5.41) is 0. The molecule has 0 spiro atoms. The first-order valence-electron chi connectivity index (χ1n) is 9.91. The van der Waals surface area contributed by atoms with E-state index in [4.69, 9.17) is 10.5 Å². The number of hydrogen-bond donors (Lipinski definition) is 1. The van der Waals surface area contributed by atoms with Crippen LogP contribution >= 0.6 is 12.4 Å². The number of hydrogen-bond acceptors (Lipinski definition) is 3. The predicted octanol–water partition coefficient (Wildman–Crippen LogP) is 3.88. The molecule has 1 unspecified atom stereocenters. The molecule has 4 nitrogen and oxygen atoms in total. The van der Waals surface area contributed by atoms with Gasteiger partial charge in [-0.1, -0.05) is 36.4 Å². The van der Waals surface area contributed by atoms with Crippen molar-refractivity contribution in [2.45, 2.75) is 43.6 Å². The maximum atomic E-state index is 13.0. The average molecular weight is 401 g/mol. The summed E-state index contributed by atoms with van der Waals surface area (Å²) in [6, 6.07) is 16.6. The number of benzene rings is 2. The lowest BCUT2D eigenvalue weighted by Crippen LogP contribution is -2.33. The van der Waals surface area contributed by atoms with E-state index in [-0.39, 0.29) is 30.3 Å². The van der Waals surface area contributed by atoms with Crippen molar-refractivity contribution < 1.29 is 9.53 Å². The standard InChI is InChI=1S/C23H28N2O2.ClH/c1-27-19-10-11-20-17(12-19)8-5-9-18(20)13-23(26)25-14-21(22(24)15-25)16-6-3-2-4-7-16;/h2-4,6-7,10-12,18,21-22H,5,8-9,13-15,24H2,1H3;1H/t18?,21-,22+;/m0./s1. The molecular weight excluding hydrogens is 372 g/mol. The van der Waals surface area contributed by atoms with Gasteiger partial charge >= 0.3 is 0 Å². The topological polar surface area (TPSA) is 55.6 Å². The van der Waals surface area contributed by atoms with Gasteiger partial charge < -0.3 is 15.4 Å². The van der Waals surface area contributed by atoms with E-state index in [9.17, 15) is 4.79 Å². The minimum Gasteiger partial charge on any atom is -0.497 e. The highest BCUT2D eigenvalue weighted by atomic mass is 35.5. The van der Waals surface area contributed by atoms with Crippen LogP contribution in [0.25, 0.3) is 0 Å². The van der Waals surface area contributed by atoms with Crippen molar-refractivity contribution in [3.05, 3.63) is 65.2 Å². The van der Waals surface area contributed by atoms with Gasteiger partial charge in [-0.15, -0.1) is 12.4 Å². The molecule has 2 aliphatic rings. The molecule has 1 aliphatic carbocycles. The van der Waals surface area contributed by atoms with Gasteiger partial charge in [-0.05, 0) is 54.0 Å². The Morgan fingerprint density at radius 1 is 1.18 bits per heavy atom. The molecule has 28 heavy (non-hydrogen) atoms. The molecule has 150 valence electrons. The van der Waals surface area contributed by atoms with Crippen molar-refractivity contribution in [1.82, 2.24) is 4.90 Å². The second-order valence-electron chi connectivity index (χ2n) is 7.84. The van der Waals surface area contributed by atoms with Crippen molar-refractivity contribution in [3.8, 4) is 5.75 Å². The van der Waals surface area contributed by atoms with Gasteiger partial charge in [0.1, 0.15) is 5.75 Å². The maximum absolute atomic E-state index is 13.0. The molecule has 1 fully saturated rings. The molecule has 1 saturated heterocycles. The first kappa shape index (κ1) is 20.7. The summed E-state index contributed by atoms with van der Waals surface area (Å²) >= 11 is 0. The minimum absolute atomic E-state index is 0. The highest BCUT2D eigenvalue weighted by Crippen LogP contribution is 2.37. The van der Waals surface area contributed by atoms with Gasteiger partial charge in [0.05, 0.1) is 7.11 Å². The van der Waals surface area contributed by atoms with Gasteiger partial charge in [-0.2, -0.15) is 0 Å². The number of likely N-dealkylation sites (tertiary alicyclic amines) is 1. The van der Waals surface area contributed by atoms with Crippen molar-refractivity contribution in [3.63, 3.8) is 0 Å². The number of carbonyl (C=O) groups is 1. The van der Waals surface area contributed by atoms with Crippen molar-refractivity contribution in [2.75, 3.05) is 20.2 Å². The van der Waals surface area contributed by atoms with Gasteiger partial charge in [-0.25, -0.2) is 0 Å². The first-order valence-corrected chi connectivity index (χ1v) is 9.91. The highest BCUT2D eigenvalue weighted by molar-refractivity contribution is 5.85. The van der Waals surface area contributed by atoms with E-state index in [1.54, 1.807) is 7.11 Å². The van der Waals surface area contributed by atoms with Gasteiger partial charge in [0.15, 0.2) is 0 Å². The number of methoxy groups -OCH3 is 1. The largest absolute Gasteiger partial charge is 0.497 e. The Kier molecular flexibility index (Phi) is 6.63. The number of fused-ring (bicyclic) bond motifs is 1. The SMILES string of the molecule is COc1ccc2c(c1)CCCC2CC(=O)N1C[C@@H](N)[C@H](c2ccccc2)C1.Cl. The van der Waals surface area contributed by atoms with Crippen LogP contribution in [0, 0.1) is 0 Å². The van der Waals surface area contributed by atoms with E-state index in [1.165, 1.54) is 16.7 Å². The zero-order valence-corrected chi connectivity index (χ0v) is 17.2. The Morgan fingerprint density at radius 2 is 1.96 bits per heavy atom. The molecule has 0 saturated carbocycles. The third-order valence-corrected chi connectivity index (χ3v) is 6.16. The van der Waals surface area contributed by atoms with Crippen LogP contribution in [0.1, 0.15) is 47.8 Å². The fourth-order valence-electron chi connectivity index (χ4n) is 4.66. The number of nitrogens with two attached hydrogens (primary N) is 1. The van der Waals surface area contributed by atoms with E-state index in [0.717, 1.165) is 31.6 Å². The highest BCUT2D eigenvalue weighted by Gasteiger charge is 2.35. The second kappa shape index (κ2) is 8.97. The lowest BCUT2D eigenvalue weighted by atomic mass is 9.80. The van der Waals surface area contributed by atoms with Crippen LogP contribution in [-0.2, 0) is 11.2 Å². The number of halogens is 1. The molecule has 1 heterocycles. The fourth-order valence-corrected chi connectivity index (χ4v) is 4.66. The van der Waals surface area contributed by atoms with Crippen LogP contribution in [0.5, 0.6) is 5.75 Å². The number of rotatable bonds is 4. The molecule has 5 heteroatoms. The summed E-state index contributed by atoms with van der Waals surface area (Å²) in [5.41, 5.74) is 10.3. The zero-order valence-electron chi connectivity index (χ0n) is 16.3. The Bertz CT molecular complexity index is 812. The number of ether oxygens (including phenoxy) is 1. The molecule has 2 N–H and O–H groups in total. The van der Waals surface area contributed by atoms with Gasteiger partial charge in [-0.3, -0.25) is 4.79 Å². The zero-order chi connectivity index (χ0) is 18.8. The van der Waals surface area contributed by atoms with Gasteiger partial charge in [0, 0.05) is 31.5 Å². The fraction of sp³-hybridized carbons (Fsp3) is 0.435. The smallest absolute Gasteiger partial charge is 0.223 e.